The van der Waals surface area contributed by atoms with Crippen molar-refractivity contribution in [1.29, 1.82) is 0 Å². The van der Waals surface area contributed by atoms with Crippen molar-refractivity contribution in [2.75, 3.05) is 25.1 Å². The van der Waals surface area contributed by atoms with E-state index in [4.69, 9.17) is 5.73 Å². The molecule has 2 aromatic rings. The normalized spacial score (nSPS) is 22.7. The molecular weight excluding hydrogens is 272 g/mol. The van der Waals surface area contributed by atoms with Gasteiger partial charge in [-0.1, -0.05) is 18.2 Å². The average Bonchev–Trinajstić information content (AvgIpc) is 2.83. The first-order valence-electron chi connectivity index (χ1n) is 6.74. The van der Waals surface area contributed by atoms with Crippen molar-refractivity contribution in [3.63, 3.8) is 0 Å². The van der Waals surface area contributed by atoms with Crippen molar-refractivity contribution in [2.24, 2.45) is 5.73 Å². The Balaban J connectivity index is 1.77. The Morgan fingerprint density at radius 1 is 1.42 bits per heavy atom. The van der Waals surface area contributed by atoms with Gasteiger partial charge in [-0.25, -0.2) is 0 Å². The van der Waals surface area contributed by atoms with E-state index in [0.29, 0.717) is 6.04 Å². The highest BCUT2D eigenvalue weighted by atomic mass is 32.2. The highest BCUT2D eigenvalue weighted by Crippen LogP contribution is 2.27. The molecule has 102 valence electrons. The Morgan fingerprint density at radius 2 is 2.26 bits per heavy atom. The molecule has 2 nitrogen and oxygen atoms in total. The van der Waals surface area contributed by atoms with E-state index < -0.39 is 0 Å². The van der Waals surface area contributed by atoms with E-state index in [1.165, 1.54) is 27.2 Å². The fourth-order valence-electron chi connectivity index (χ4n) is 2.74. The lowest BCUT2D eigenvalue weighted by atomic mass is 10.00. The van der Waals surface area contributed by atoms with Crippen molar-refractivity contribution in [3.8, 4) is 0 Å². The molecule has 2 atom stereocenters. The molecule has 2 heterocycles. The highest BCUT2D eigenvalue weighted by molar-refractivity contribution is 7.99. The summed E-state index contributed by atoms with van der Waals surface area (Å²) in [4.78, 5) is 2.43. The number of nitrogens with two attached hydrogens (primary N) is 1. The predicted octanol–water partition coefficient (Wildman–Crippen LogP) is 2.82. The number of likely N-dealkylation sites (N-methyl/N-ethyl adjacent to an activating group) is 1. The van der Waals surface area contributed by atoms with Crippen LogP contribution < -0.4 is 5.73 Å². The van der Waals surface area contributed by atoms with Gasteiger partial charge in [0.1, 0.15) is 0 Å². The van der Waals surface area contributed by atoms with Gasteiger partial charge in [0.25, 0.3) is 0 Å². The summed E-state index contributed by atoms with van der Waals surface area (Å²) < 4.78 is 1.37. The lowest BCUT2D eigenvalue weighted by molar-refractivity contribution is 0.235. The van der Waals surface area contributed by atoms with Crippen LogP contribution in [0.15, 0.2) is 29.6 Å². The van der Waals surface area contributed by atoms with Crippen LogP contribution in [0.1, 0.15) is 5.56 Å². The van der Waals surface area contributed by atoms with E-state index in [2.05, 4.69) is 41.6 Å². The van der Waals surface area contributed by atoms with E-state index >= 15 is 0 Å². The van der Waals surface area contributed by atoms with Crippen molar-refractivity contribution < 1.29 is 0 Å². The standard InChI is InChI=1S/C15H20N2S2/c1-17-6-7-18-10-14(17)13(16)8-11-9-19-15-5-3-2-4-12(11)15/h2-5,9,13-14H,6-8,10,16H2,1H3. The zero-order valence-electron chi connectivity index (χ0n) is 11.2. The zero-order valence-corrected chi connectivity index (χ0v) is 12.8. The van der Waals surface area contributed by atoms with Gasteiger partial charge in [-0.2, -0.15) is 11.8 Å². The summed E-state index contributed by atoms with van der Waals surface area (Å²) in [7, 11) is 2.20. The van der Waals surface area contributed by atoms with Crippen LogP contribution in [0.3, 0.4) is 0 Å². The predicted molar refractivity (Wildman–Crippen MR) is 87.2 cm³/mol. The smallest absolute Gasteiger partial charge is 0.0345 e. The van der Waals surface area contributed by atoms with E-state index in [-0.39, 0.29) is 6.04 Å². The highest BCUT2D eigenvalue weighted by Gasteiger charge is 2.26. The molecule has 1 aromatic heterocycles. The van der Waals surface area contributed by atoms with E-state index in [0.717, 1.165) is 13.0 Å². The number of hydrogen-bond donors (Lipinski definition) is 1. The van der Waals surface area contributed by atoms with Crippen molar-refractivity contribution in [1.82, 2.24) is 4.90 Å². The maximum Gasteiger partial charge on any atom is 0.0345 e. The van der Waals surface area contributed by atoms with Gasteiger partial charge in [-0.05, 0) is 35.9 Å². The van der Waals surface area contributed by atoms with Gasteiger partial charge in [0.05, 0.1) is 0 Å². The van der Waals surface area contributed by atoms with Crippen LogP contribution >= 0.6 is 23.1 Å². The zero-order chi connectivity index (χ0) is 13.2. The molecule has 4 heteroatoms. The number of fused-ring (bicyclic) bond motifs is 1. The molecule has 0 bridgehead atoms. The molecule has 0 amide bonds. The Labute approximate surface area is 123 Å². The van der Waals surface area contributed by atoms with Crippen molar-refractivity contribution in [2.45, 2.75) is 18.5 Å². The first kappa shape index (κ1) is 13.4. The van der Waals surface area contributed by atoms with Crippen LogP contribution in [-0.2, 0) is 6.42 Å². The molecular formula is C15H20N2S2. The molecule has 1 fully saturated rings. The van der Waals surface area contributed by atoms with Crippen molar-refractivity contribution in [3.05, 3.63) is 35.2 Å². The molecule has 0 radical (unpaired) electrons. The molecule has 1 saturated heterocycles. The molecule has 1 aliphatic heterocycles. The molecule has 0 spiro atoms. The molecule has 19 heavy (non-hydrogen) atoms. The summed E-state index contributed by atoms with van der Waals surface area (Å²) in [5.74, 6) is 2.40. The van der Waals surface area contributed by atoms with Crippen molar-refractivity contribution >= 4 is 33.2 Å². The fourth-order valence-corrected chi connectivity index (χ4v) is 5.04. The second-order valence-electron chi connectivity index (χ2n) is 5.25. The van der Waals surface area contributed by atoms with Gasteiger partial charge in [-0.15, -0.1) is 11.3 Å². The van der Waals surface area contributed by atoms with Crippen LogP contribution in [0.5, 0.6) is 0 Å². The third kappa shape index (κ3) is 2.82. The topological polar surface area (TPSA) is 29.3 Å². The molecule has 0 aliphatic carbocycles. The first-order valence-corrected chi connectivity index (χ1v) is 8.78. The number of rotatable bonds is 3. The Morgan fingerprint density at radius 3 is 3.11 bits per heavy atom. The summed E-state index contributed by atoms with van der Waals surface area (Å²) in [6, 6.07) is 9.37. The number of hydrogen-bond acceptors (Lipinski definition) is 4. The van der Waals surface area contributed by atoms with Crippen LogP contribution in [0.4, 0.5) is 0 Å². The maximum absolute atomic E-state index is 6.47. The van der Waals surface area contributed by atoms with E-state index in [1.54, 1.807) is 0 Å². The minimum atomic E-state index is 0.232. The summed E-state index contributed by atoms with van der Waals surface area (Å²) in [6.45, 7) is 1.16. The average molecular weight is 292 g/mol. The number of thiophene rings is 1. The van der Waals surface area contributed by atoms with E-state index in [1.807, 2.05) is 23.1 Å². The lowest BCUT2D eigenvalue weighted by Crippen LogP contribution is -2.51. The molecule has 1 aliphatic rings. The second-order valence-corrected chi connectivity index (χ2v) is 7.31. The molecule has 2 unspecified atom stereocenters. The third-order valence-corrected chi connectivity index (χ3v) is 6.01. The SMILES string of the molecule is CN1CCSCC1C(N)Cc1csc2ccccc12. The molecule has 2 N–H and O–H groups in total. The number of thioether (sulfide) groups is 1. The summed E-state index contributed by atoms with van der Waals surface area (Å²) in [5, 5.41) is 3.66. The second kappa shape index (κ2) is 5.83. The summed E-state index contributed by atoms with van der Waals surface area (Å²) in [6.07, 6.45) is 0.986. The van der Waals surface area contributed by atoms with Gasteiger partial charge in [0, 0.05) is 34.8 Å². The maximum atomic E-state index is 6.47. The van der Waals surface area contributed by atoms with Crippen LogP contribution in [0.2, 0.25) is 0 Å². The van der Waals surface area contributed by atoms with Gasteiger partial charge >= 0.3 is 0 Å². The first-order chi connectivity index (χ1) is 9.25. The molecule has 0 saturated carbocycles. The Hall–Kier alpha value is -0.550. The Kier molecular flexibility index (Phi) is 4.12. The fraction of sp³-hybridized carbons (Fsp3) is 0.467. The third-order valence-electron chi connectivity index (χ3n) is 3.95. The van der Waals surface area contributed by atoms with Gasteiger partial charge < -0.3 is 10.6 Å². The number of benzene rings is 1. The van der Waals surface area contributed by atoms with Gasteiger partial charge in [0.15, 0.2) is 0 Å². The van der Waals surface area contributed by atoms with E-state index in [9.17, 15) is 0 Å². The Bertz CT molecular complexity index is 552. The molecule has 1 aromatic carbocycles. The monoisotopic (exact) mass is 292 g/mol. The number of nitrogens with zero attached hydrogens (tertiary/aromatic N) is 1. The van der Waals surface area contributed by atoms with Crippen LogP contribution in [0.25, 0.3) is 10.1 Å². The lowest BCUT2D eigenvalue weighted by Gasteiger charge is -2.36. The minimum absolute atomic E-state index is 0.232. The van der Waals surface area contributed by atoms with Gasteiger partial charge in [-0.3, -0.25) is 0 Å². The minimum Gasteiger partial charge on any atom is -0.326 e. The van der Waals surface area contributed by atoms with Gasteiger partial charge in [0.2, 0.25) is 0 Å². The summed E-state index contributed by atoms with van der Waals surface area (Å²) in [5.41, 5.74) is 7.88. The van der Waals surface area contributed by atoms with Crippen LogP contribution in [-0.4, -0.2) is 42.1 Å². The quantitative estimate of drug-likeness (QED) is 0.943. The summed E-state index contributed by atoms with van der Waals surface area (Å²) >= 11 is 3.86. The largest absolute Gasteiger partial charge is 0.326 e. The molecule has 3 rings (SSSR count). The van der Waals surface area contributed by atoms with Crippen LogP contribution in [0, 0.1) is 0 Å².